The van der Waals surface area contributed by atoms with Crippen LogP contribution in [0.4, 0.5) is 4.39 Å². The van der Waals surface area contributed by atoms with Crippen LogP contribution in [-0.2, 0) is 9.53 Å². The van der Waals surface area contributed by atoms with Gasteiger partial charge in [-0.05, 0) is 43.0 Å². The van der Waals surface area contributed by atoms with Gasteiger partial charge in [-0.1, -0.05) is 19.3 Å². The Bertz CT molecular complexity index is 752. The Morgan fingerprint density at radius 1 is 1.19 bits per heavy atom. The number of nitrogens with one attached hydrogen (secondary N) is 1. The van der Waals surface area contributed by atoms with Crippen molar-refractivity contribution in [3.63, 3.8) is 0 Å². The van der Waals surface area contributed by atoms with E-state index in [1.54, 1.807) is 0 Å². The number of halogens is 1. The molecule has 2 aromatic rings. The van der Waals surface area contributed by atoms with Gasteiger partial charge >= 0.3 is 5.97 Å². The number of esters is 1. The molecule has 0 aliphatic heterocycles. The van der Waals surface area contributed by atoms with Gasteiger partial charge in [0.2, 0.25) is 0 Å². The van der Waals surface area contributed by atoms with E-state index in [2.05, 4.69) is 10.3 Å². The average Bonchev–Trinajstić information content (AvgIpc) is 3.16. The monoisotopic (exact) mass is 359 g/mol. The van der Waals surface area contributed by atoms with Crippen molar-refractivity contribution < 1.29 is 18.7 Å². The number of hydrogen-bond acceptors (Lipinski definition) is 4. The quantitative estimate of drug-likeness (QED) is 0.805. The molecular formula is C19H22FN3O3. The summed E-state index contributed by atoms with van der Waals surface area (Å²) in [4.78, 5) is 28.1. The first kappa shape index (κ1) is 18.1. The van der Waals surface area contributed by atoms with E-state index in [1.165, 1.54) is 60.6 Å². The van der Waals surface area contributed by atoms with Crippen molar-refractivity contribution in [2.45, 2.75) is 32.1 Å². The lowest BCUT2D eigenvalue weighted by Crippen LogP contribution is -2.33. The standard InChI is InChI=1S/C19H22FN3O3/c20-15-6-8-16(9-7-15)23-13-21-11-17(23)19(25)26-12-18(24)22-10-14-4-2-1-3-5-14/h6-9,11,13-14H,1-5,10,12H2,(H,22,24). The predicted molar refractivity (Wildman–Crippen MR) is 93.4 cm³/mol. The smallest absolute Gasteiger partial charge is 0.357 e. The molecule has 1 N–H and O–H groups in total. The second kappa shape index (κ2) is 8.60. The molecule has 7 heteroatoms. The lowest BCUT2D eigenvalue weighted by Gasteiger charge is -2.21. The molecule has 0 bridgehead atoms. The van der Waals surface area contributed by atoms with E-state index in [0.717, 1.165) is 12.8 Å². The van der Waals surface area contributed by atoms with E-state index >= 15 is 0 Å². The minimum atomic E-state index is -0.653. The number of carbonyl (C=O) groups is 2. The van der Waals surface area contributed by atoms with Gasteiger partial charge in [0.25, 0.3) is 5.91 Å². The van der Waals surface area contributed by atoms with E-state index in [9.17, 15) is 14.0 Å². The van der Waals surface area contributed by atoms with Gasteiger partial charge in [0.05, 0.1) is 12.5 Å². The van der Waals surface area contributed by atoms with E-state index in [4.69, 9.17) is 4.74 Å². The largest absolute Gasteiger partial charge is 0.451 e. The van der Waals surface area contributed by atoms with Gasteiger partial charge in [-0.2, -0.15) is 0 Å². The van der Waals surface area contributed by atoms with Crippen molar-refractivity contribution in [3.05, 3.63) is 48.3 Å². The maximum absolute atomic E-state index is 13.0. The van der Waals surface area contributed by atoms with Crippen LogP contribution in [0.25, 0.3) is 5.69 Å². The van der Waals surface area contributed by atoms with Crippen molar-refractivity contribution in [2.75, 3.05) is 13.2 Å². The van der Waals surface area contributed by atoms with E-state index in [1.807, 2.05) is 0 Å². The fraction of sp³-hybridized carbons (Fsp3) is 0.421. The van der Waals surface area contributed by atoms with Gasteiger partial charge in [0.15, 0.2) is 12.3 Å². The molecule has 138 valence electrons. The molecular weight excluding hydrogens is 337 g/mol. The predicted octanol–water partition coefficient (Wildman–Crippen LogP) is 2.86. The normalized spacial score (nSPS) is 14.8. The van der Waals surface area contributed by atoms with Gasteiger partial charge in [-0.3, -0.25) is 9.36 Å². The fourth-order valence-corrected chi connectivity index (χ4v) is 3.16. The van der Waals surface area contributed by atoms with Crippen molar-refractivity contribution in [3.8, 4) is 5.69 Å². The van der Waals surface area contributed by atoms with Crippen LogP contribution in [0.1, 0.15) is 42.6 Å². The van der Waals surface area contributed by atoms with Crippen LogP contribution in [-0.4, -0.2) is 34.6 Å². The van der Waals surface area contributed by atoms with Crippen LogP contribution in [0.5, 0.6) is 0 Å². The number of nitrogens with zero attached hydrogens (tertiary/aromatic N) is 2. The number of ether oxygens (including phenoxy) is 1. The van der Waals surface area contributed by atoms with Crippen LogP contribution in [0.15, 0.2) is 36.8 Å². The molecule has 0 unspecified atom stereocenters. The van der Waals surface area contributed by atoms with Crippen LogP contribution in [0, 0.1) is 11.7 Å². The summed E-state index contributed by atoms with van der Waals surface area (Å²) in [6.45, 7) is 0.296. The minimum Gasteiger partial charge on any atom is -0.451 e. The first-order valence-electron chi connectivity index (χ1n) is 8.85. The van der Waals surface area contributed by atoms with E-state index in [-0.39, 0.29) is 24.0 Å². The minimum absolute atomic E-state index is 0.177. The maximum Gasteiger partial charge on any atom is 0.357 e. The number of benzene rings is 1. The highest BCUT2D eigenvalue weighted by atomic mass is 19.1. The summed E-state index contributed by atoms with van der Waals surface area (Å²) in [6.07, 6.45) is 8.75. The third kappa shape index (κ3) is 4.68. The highest BCUT2D eigenvalue weighted by Gasteiger charge is 2.18. The number of imidazole rings is 1. The molecule has 1 saturated carbocycles. The van der Waals surface area contributed by atoms with E-state index in [0.29, 0.717) is 18.2 Å². The van der Waals surface area contributed by atoms with Crippen LogP contribution in [0.2, 0.25) is 0 Å². The highest BCUT2D eigenvalue weighted by molar-refractivity contribution is 5.90. The first-order valence-corrected chi connectivity index (χ1v) is 8.85. The Morgan fingerprint density at radius 3 is 2.65 bits per heavy atom. The molecule has 1 aliphatic carbocycles. The van der Waals surface area contributed by atoms with Crippen molar-refractivity contribution in [2.24, 2.45) is 5.92 Å². The third-order valence-electron chi connectivity index (χ3n) is 4.60. The lowest BCUT2D eigenvalue weighted by atomic mass is 9.89. The van der Waals surface area contributed by atoms with Crippen LogP contribution in [0.3, 0.4) is 0 Å². The number of rotatable bonds is 6. The van der Waals surface area contributed by atoms with Crippen LogP contribution >= 0.6 is 0 Å². The highest BCUT2D eigenvalue weighted by Crippen LogP contribution is 2.22. The Morgan fingerprint density at radius 2 is 1.92 bits per heavy atom. The zero-order chi connectivity index (χ0) is 18.4. The molecule has 0 saturated heterocycles. The molecule has 3 rings (SSSR count). The summed E-state index contributed by atoms with van der Waals surface area (Å²) in [5.41, 5.74) is 0.759. The molecule has 1 heterocycles. The SMILES string of the molecule is O=C(COC(=O)c1cncn1-c1ccc(F)cc1)NCC1CCCCC1. The van der Waals surface area contributed by atoms with Gasteiger partial charge in [0, 0.05) is 12.2 Å². The average molecular weight is 359 g/mol. The Labute approximate surface area is 151 Å². The zero-order valence-electron chi connectivity index (χ0n) is 14.5. The lowest BCUT2D eigenvalue weighted by molar-refractivity contribution is -0.124. The molecule has 1 fully saturated rings. The number of aromatic nitrogens is 2. The Kier molecular flexibility index (Phi) is 5.99. The van der Waals surface area contributed by atoms with Gasteiger partial charge < -0.3 is 10.1 Å². The summed E-state index contributed by atoms with van der Waals surface area (Å²) < 4.78 is 19.6. The number of carbonyl (C=O) groups excluding carboxylic acids is 2. The van der Waals surface area contributed by atoms with Gasteiger partial charge in [-0.15, -0.1) is 0 Å². The molecule has 0 atom stereocenters. The van der Waals surface area contributed by atoms with Gasteiger partial charge in [-0.25, -0.2) is 14.2 Å². The maximum atomic E-state index is 13.0. The molecule has 6 nitrogen and oxygen atoms in total. The molecule has 1 amide bonds. The summed E-state index contributed by atoms with van der Waals surface area (Å²) in [6, 6.07) is 5.65. The second-order valence-electron chi connectivity index (χ2n) is 6.51. The van der Waals surface area contributed by atoms with Crippen molar-refractivity contribution in [1.29, 1.82) is 0 Å². The number of hydrogen-bond donors (Lipinski definition) is 1. The molecule has 1 aromatic heterocycles. The Balaban J connectivity index is 1.51. The summed E-state index contributed by atoms with van der Waals surface area (Å²) in [7, 11) is 0. The molecule has 26 heavy (non-hydrogen) atoms. The molecule has 1 aliphatic rings. The summed E-state index contributed by atoms with van der Waals surface area (Å²) in [5.74, 6) is -0.813. The fourth-order valence-electron chi connectivity index (χ4n) is 3.16. The topological polar surface area (TPSA) is 73.2 Å². The second-order valence-corrected chi connectivity index (χ2v) is 6.51. The molecule has 0 spiro atoms. The van der Waals surface area contributed by atoms with Crippen molar-refractivity contribution >= 4 is 11.9 Å². The van der Waals surface area contributed by atoms with E-state index < -0.39 is 5.97 Å². The molecule has 0 radical (unpaired) electrons. The first-order chi connectivity index (χ1) is 12.6. The summed E-state index contributed by atoms with van der Waals surface area (Å²) >= 11 is 0. The number of amides is 1. The third-order valence-corrected chi connectivity index (χ3v) is 4.60. The van der Waals surface area contributed by atoms with Crippen molar-refractivity contribution in [1.82, 2.24) is 14.9 Å². The molecule has 1 aromatic carbocycles. The van der Waals surface area contributed by atoms with Gasteiger partial charge in [0.1, 0.15) is 5.82 Å². The zero-order valence-corrected chi connectivity index (χ0v) is 14.5. The summed E-state index contributed by atoms with van der Waals surface area (Å²) in [5, 5.41) is 2.83. The van der Waals surface area contributed by atoms with Crippen LogP contribution < -0.4 is 5.32 Å². The Hall–Kier alpha value is -2.70.